The predicted molar refractivity (Wildman–Crippen MR) is 52.2 cm³/mol. The minimum atomic E-state index is 0.410. The zero-order valence-corrected chi connectivity index (χ0v) is 7.90. The SMILES string of the molecule is c1coc(C2CCCc3occc32)c1. The summed E-state index contributed by atoms with van der Waals surface area (Å²) in [6, 6.07) is 6.07. The summed E-state index contributed by atoms with van der Waals surface area (Å²) in [5.74, 6) is 2.61. The molecule has 3 rings (SSSR count). The number of aryl methyl sites for hydroxylation is 1. The van der Waals surface area contributed by atoms with E-state index in [0.29, 0.717) is 5.92 Å². The summed E-state index contributed by atoms with van der Waals surface area (Å²) in [5.41, 5.74) is 1.31. The molecule has 0 saturated heterocycles. The third-order valence-electron chi connectivity index (χ3n) is 2.94. The van der Waals surface area contributed by atoms with Crippen LogP contribution in [0, 0.1) is 0 Å². The lowest BCUT2D eigenvalue weighted by Crippen LogP contribution is -2.07. The van der Waals surface area contributed by atoms with E-state index in [-0.39, 0.29) is 0 Å². The summed E-state index contributed by atoms with van der Waals surface area (Å²) in [6.07, 6.45) is 6.95. The summed E-state index contributed by atoms with van der Waals surface area (Å²) < 4.78 is 10.9. The van der Waals surface area contributed by atoms with Gasteiger partial charge in [0.1, 0.15) is 11.5 Å². The highest BCUT2D eigenvalue weighted by Gasteiger charge is 2.25. The molecule has 0 bridgehead atoms. The number of fused-ring (bicyclic) bond motifs is 1. The molecular weight excluding hydrogens is 176 g/mol. The van der Waals surface area contributed by atoms with Gasteiger partial charge in [-0.05, 0) is 31.0 Å². The van der Waals surface area contributed by atoms with Gasteiger partial charge in [0.25, 0.3) is 0 Å². The van der Waals surface area contributed by atoms with Gasteiger partial charge in [0, 0.05) is 17.9 Å². The second-order valence-corrected chi connectivity index (χ2v) is 3.76. The highest BCUT2D eigenvalue weighted by molar-refractivity contribution is 5.31. The number of hydrogen-bond donors (Lipinski definition) is 0. The first-order valence-electron chi connectivity index (χ1n) is 5.05. The minimum absolute atomic E-state index is 0.410. The first-order valence-corrected chi connectivity index (χ1v) is 5.05. The molecule has 2 heteroatoms. The Balaban J connectivity index is 2.04. The van der Waals surface area contributed by atoms with E-state index < -0.39 is 0 Å². The molecule has 2 aromatic heterocycles. The molecule has 72 valence electrons. The van der Waals surface area contributed by atoms with Crippen molar-refractivity contribution in [3.05, 3.63) is 47.8 Å². The fraction of sp³-hybridized carbons (Fsp3) is 0.333. The Morgan fingerprint density at radius 1 is 1.14 bits per heavy atom. The average molecular weight is 188 g/mol. The molecule has 1 unspecified atom stereocenters. The minimum Gasteiger partial charge on any atom is -0.469 e. The maximum absolute atomic E-state index is 5.46. The van der Waals surface area contributed by atoms with Gasteiger partial charge in [-0.25, -0.2) is 0 Å². The highest BCUT2D eigenvalue weighted by atomic mass is 16.3. The largest absolute Gasteiger partial charge is 0.469 e. The molecule has 0 radical (unpaired) electrons. The van der Waals surface area contributed by atoms with Crippen molar-refractivity contribution in [1.29, 1.82) is 0 Å². The molecule has 0 saturated carbocycles. The van der Waals surface area contributed by atoms with Crippen LogP contribution in [-0.2, 0) is 6.42 Å². The number of furan rings is 2. The molecule has 0 aliphatic heterocycles. The van der Waals surface area contributed by atoms with Crippen molar-refractivity contribution in [2.24, 2.45) is 0 Å². The van der Waals surface area contributed by atoms with Crippen LogP contribution in [0.5, 0.6) is 0 Å². The topological polar surface area (TPSA) is 26.3 Å². The summed E-state index contributed by atoms with van der Waals surface area (Å²) in [5, 5.41) is 0. The molecular formula is C12H12O2. The Kier molecular flexibility index (Phi) is 1.72. The van der Waals surface area contributed by atoms with Crippen LogP contribution in [0.4, 0.5) is 0 Å². The standard InChI is InChI=1S/C12H12O2/c1-3-9(12-5-2-7-13-12)10-6-8-14-11(10)4-1/h2,5-9H,1,3-4H2. The second-order valence-electron chi connectivity index (χ2n) is 3.76. The van der Waals surface area contributed by atoms with E-state index in [9.17, 15) is 0 Å². The molecule has 0 aromatic carbocycles. The Morgan fingerprint density at radius 3 is 3.00 bits per heavy atom. The van der Waals surface area contributed by atoms with Crippen molar-refractivity contribution < 1.29 is 8.83 Å². The molecule has 0 N–H and O–H groups in total. The Bertz CT molecular complexity index is 411. The van der Waals surface area contributed by atoms with Crippen molar-refractivity contribution >= 4 is 0 Å². The van der Waals surface area contributed by atoms with Gasteiger partial charge in [-0.15, -0.1) is 0 Å². The number of hydrogen-bond acceptors (Lipinski definition) is 2. The maximum atomic E-state index is 5.46. The van der Waals surface area contributed by atoms with Crippen molar-refractivity contribution in [2.75, 3.05) is 0 Å². The van der Waals surface area contributed by atoms with Crippen LogP contribution >= 0.6 is 0 Å². The average Bonchev–Trinajstić information content (AvgIpc) is 2.88. The zero-order chi connectivity index (χ0) is 9.38. The van der Waals surface area contributed by atoms with Crippen molar-refractivity contribution in [3.8, 4) is 0 Å². The monoisotopic (exact) mass is 188 g/mol. The molecule has 0 spiro atoms. The first-order chi connectivity index (χ1) is 6.95. The quantitative estimate of drug-likeness (QED) is 0.686. The summed E-state index contributed by atoms with van der Waals surface area (Å²) in [4.78, 5) is 0. The van der Waals surface area contributed by atoms with Gasteiger partial charge in [0.15, 0.2) is 0 Å². The molecule has 1 atom stereocenters. The van der Waals surface area contributed by atoms with Crippen LogP contribution in [0.25, 0.3) is 0 Å². The molecule has 0 amide bonds. The van der Waals surface area contributed by atoms with Gasteiger partial charge in [0.05, 0.1) is 12.5 Å². The van der Waals surface area contributed by atoms with Gasteiger partial charge in [0.2, 0.25) is 0 Å². The van der Waals surface area contributed by atoms with E-state index in [4.69, 9.17) is 8.83 Å². The molecule has 2 aromatic rings. The third-order valence-corrected chi connectivity index (χ3v) is 2.94. The van der Waals surface area contributed by atoms with E-state index in [1.807, 2.05) is 12.1 Å². The normalized spacial score (nSPS) is 20.7. The Hall–Kier alpha value is -1.44. The molecule has 2 heterocycles. The zero-order valence-electron chi connectivity index (χ0n) is 7.90. The van der Waals surface area contributed by atoms with Crippen LogP contribution in [-0.4, -0.2) is 0 Å². The lowest BCUT2D eigenvalue weighted by atomic mass is 9.86. The van der Waals surface area contributed by atoms with Gasteiger partial charge < -0.3 is 8.83 Å². The lowest BCUT2D eigenvalue weighted by Gasteiger charge is -2.19. The molecule has 0 fully saturated rings. The van der Waals surface area contributed by atoms with E-state index >= 15 is 0 Å². The predicted octanol–water partition coefficient (Wildman–Crippen LogP) is 3.34. The van der Waals surface area contributed by atoms with Crippen molar-refractivity contribution in [1.82, 2.24) is 0 Å². The Labute approximate surface area is 82.5 Å². The maximum Gasteiger partial charge on any atom is 0.111 e. The van der Waals surface area contributed by atoms with Crippen molar-refractivity contribution in [2.45, 2.75) is 25.2 Å². The highest BCUT2D eigenvalue weighted by Crippen LogP contribution is 2.37. The molecule has 2 nitrogen and oxygen atoms in total. The van der Waals surface area contributed by atoms with Crippen LogP contribution in [0.15, 0.2) is 39.6 Å². The van der Waals surface area contributed by atoms with Crippen LogP contribution in [0.3, 0.4) is 0 Å². The smallest absolute Gasteiger partial charge is 0.111 e. The molecule has 1 aliphatic carbocycles. The van der Waals surface area contributed by atoms with Crippen LogP contribution < -0.4 is 0 Å². The van der Waals surface area contributed by atoms with Gasteiger partial charge in [-0.1, -0.05) is 0 Å². The summed E-state index contributed by atoms with van der Waals surface area (Å²) >= 11 is 0. The van der Waals surface area contributed by atoms with Crippen molar-refractivity contribution in [3.63, 3.8) is 0 Å². The number of rotatable bonds is 1. The molecule has 1 aliphatic rings. The lowest BCUT2D eigenvalue weighted by molar-refractivity contribution is 0.424. The summed E-state index contributed by atoms with van der Waals surface area (Å²) in [6.45, 7) is 0. The van der Waals surface area contributed by atoms with Gasteiger partial charge >= 0.3 is 0 Å². The van der Waals surface area contributed by atoms with Gasteiger partial charge in [-0.3, -0.25) is 0 Å². The fourth-order valence-electron chi connectivity index (χ4n) is 2.27. The Morgan fingerprint density at radius 2 is 2.14 bits per heavy atom. The summed E-state index contributed by atoms with van der Waals surface area (Å²) in [7, 11) is 0. The van der Waals surface area contributed by atoms with Gasteiger partial charge in [-0.2, -0.15) is 0 Å². The van der Waals surface area contributed by atoms with E-state index in [1.54, 1.807) is 12.5 Å². The second kappa shape index (κ2) is 3.05. The van der Waals surface area contributed by atoms with E-state index in [2.05, 4.69) is 6.07 Å². The first kappa shape index (κ1) is 7.92. The van der Waals surface area contributed by atoms with Crippen LogP contribution in [0.2, 0.25) is 0 Å². The third kappa shape index (κ3) is 1.10. The van der Waals surface area contributed by atoms with Crippen LogP contribution in [0.1, 0.15) is 35.8 Å². The molecule has 14 heavy (non-hydrogen) atoms. The van der Waals surface area contributed by atoms with E-state index in [1.165, 1.54) is 18.4 Å². The fourth-order valence-corrected chi connectivity index (χ4v) is 2.27. The van der Waals surface area contributed by atoms with E-state index in [0.717, 1.165) is 17.9 Å².